The molecule has 0 bridgehead atoms. The number of carbonyl (C=O) groups is 1. The first kappa shape index (κ1) is 20.4. The van der Waals surface area contributed by atoms with Crippen LogP contribution in [0.25, 0.3) is 0 Å². The molecule has 0 spiro atoms. The van der Waals surface area contributed by atoms with E-state index in [2.05, 4.69) is 12.2 Å². The van der Waals surface area contributed by atoms with E-state index in [9.17, 15) is 13.2 Å². The van der Waals surface area contributed by atoms with Crippen LogP contribution in [0, 0.1) is 12.8 Å². The second-order valence-electron chi connectivity index (χ2n) is 7.27. The molecule has 3 rings (SSSR count). The minimum Gasteiger partial charge on any atom is -0.495 e. The van der Waals surface area contributed by atoms with Gasteiger partial charge in [-0.3, -0.25) is 4.79 Å². The molecule has 0 radical (unpaired) electrons. The van der Waals surface area contributed by atoms with Crippen LogP contribution < -0.4 is 10.1 Å². The maximum absolute atomic E-state index is 12.9. The van der Waals surface area contributed by atoms with Crippen molar-refractivity contribution in [3.8, 4) is 5.75 Å². The van der Waals surface area contributed by atoms with Gasteiger partial charge in [0.2, 0.25) is 10.0 Å². The van der Waals surface area contributed by atoms with Crippen molar-refractivity contribution in [2.45, 2.75) is 31.6 Å². The van der Waals surface area contributed by atoms with Crippen molar-refractivity contribution in [1.29, 1.82) is 0 Å². The molecule has 1 aliphatic heterocycles. The summed E-state index contributed by atoms with van der Waals surface area (Å²) in [6, 6.07) is 11.7. The van der Waals surface area contributed by atoms with Gasteiger partial charge in [-0.15, -0.1) is 0 Å². The Morgan fingerprint density at radius 3 is 2.54 bits per heavy atom. The van der Waals surface area contributed by atoms with Crippen LogP contribution in [0.1, 0.15) is 35.7 Å². The van der Waals surface area contributed by atoms with E-state index in [0.29, 0.717) is 30.4 Å². The lowest BCUT2D eigenvalue weighted by Gasteiger charge is -2.29. The summed E-state index contributed by atoms with van der Waals surface area (Å²) >= 11 is 0. The highest BCUT2D eigenvalue weighted by atomic mass is 32.2. The number of benzene rings is 2. The standard InChI is InChI=1S/C21H26N2O4S/c1-15-9-11-23(12-10-15)28(25,26)18-6-4-5-17(14-18)21(24)22-19-13-16(2)7-8-20(19)27-3/h4-8,13-15H,9-12H2,1-3H3,(H,22,24). The Morgan fingerprint density at radius 1 is 1.14 bits per heavy atom. The highest BCUT2D eigenvalue weighted by molar-refractivity contribution is 7.89. The number of amides is 1. The van der Waals surface area contributed by atoms with Gasteiger partial charge in [0, 0.05) is 18.7 Å². The van der Waals surface area contributed by atoms with Crippen LogP contribution >= 0.6 is 0 Å². The molecule has 0 atom stereocenters. The number of anilines is 1. The Balaban J connectivity index is 1.83. The van der Waals surface area contributed by atoms with E-state index in [1.807, 2.05) is 19.1 Å². The highest BCUT2D eigenvalue weighted by Gasteiger charge is 2.28. The molecule has 1 fully saturated rings. The number of carbonyl (C=O) groups excluding carboxylic acids is 1. The molecule has 2 aromatic rings. The van der Waals surface area contributed by atoms with E-state index in [1.54, 1.807) is 18.2 Å². The fourth-order valence-electron chi connectivity index (χ4n) is 3.29. The lowest BCUT2D eigenvalue weighted by Crippen LogP contribution is -2.37. The summed E-state index contributed by atoms with van der Waals surface area (Å²) < 4.78 is 32.7. The van der Waals surface area contributed by atoms with Crippen molar-refractivity contribution in [3.05, 3.63) is 53.6 Å². The second kappa shape index (κ2) is 8.32. The molecule has 28 heavy (non-hydrogen) atoms. The number of nitrogens with one attached hydrogen (secondary N) is 1. The van der Waals surface area contributed by atoms with Crippen molar-refractivity contribution < 1.29 is 17.9 Å². The smallest absolute Gasteiger partial charge is 0.255 e. The summed E-state index contributed by atoms with van der Waals surface area (Å²) in [6.45, 7) is 5.08. The molecule has 1 saturated heterocycles. The minimum absolute atomic E-state index is 0.144. The van der Waals surface area contributed by atoms with Gasteiger partial charge in [-0.2, -0.15) is 4.31 Å². The van der Waals surface area contributed by atoms with Crippen LogP contribution in [0.4, 0.5) is 5.69 Å². The number of methoxy groups -OCH3 is 1. The van der Waals surface area contributed by atoms with Crippen molar-refractivity contribution in [2.75, 3.05) is 25.5 Å². The number of piperidine rings is 1. The van der Waals surface area contributed by atoms with Crippen molar-refractivity contribution in [3.63, 3.8) is 0 Å². The zero-order valence-electron chi connectivity index (χ0n) is 16.4. The molecule has 0 aromatic heterocycles. The van der Waals surface area contributed by atoms with Gasteiger partial charge in [-0.25, -0.2) is 8.42 Å². The predicted molar refractivity (Wildman–Crippen MR) is 109 cm³/mol. The topological polar surface area (TPSA) is 75.7 Å². The van der Waals surface area contributed by atoms with E-state index < -0.39 is 10.0 Å². The number of hydrogen-bond donors (Lipinski definition) is 1. The van der Waals surface area contributed by atoms with E-state index in [4.69, 9.17) is 4.74 Å². The normalized spacial score (nSPS) is 16.0. The molecule has 2 aromatic carbocycles. The number of hydrogen-bond acceptors (Lipinski definition) is 4. The summed E-state index contributed by atoms with van der Waals surface area (Å²) in [7, 11) is -2.07. The van der Waals surface area contributed by atoms with Gasteiger partial charge < -0.3 is 10.1 Å². The SMILES string of the molecule is COc1ccc(C)cc1NC(=O)c1cccc(S(=O)(=O)N2CCC(C)CC2)c1. The zero-order chi connectivity index (χ0) is 20.3. The third-order valence-corrected chi connectivity index (χ3v) is 6.97. The first-order valence-corrected chi connectivity index (χ1v) is 10.8. The summed E-state index contributed by atoms with van der Waals surface area (Å²) in [6.07, 6.45) is 1.71. The van der Waals surface area contributed by atoms with Crippen LogP contribution in [0.2, 0.25) is 0 Å². The van der Waals surface area contributed by atoms with Crippen molar-refractivity contribution >= 4 is 21.6 Å². The Morgan fingerprint density at radius 2 is 1.86 bits per heavy atom. The molecule has 6 nitrogen and oxygen atoms in total. The van der Waals surface area contributed by atoms with Crippen LogP contribution in [-0.4, -0.2) is 38.8 Å². The van der Waals surface area contributed by atoms with E-state index in [1.165, 1.54) is 23.5 Å². The fourth-order valence-corrected chi connectivity index (χ4v) is 4.80. The first-order chi connectivity index (χ1) is 13.3. The average Bonchev–Trinajstić information content (AvgIpc) is 2.68. The Hall–Kier alpha value is -2.38. The molecule has 0 unspecified atom stereocenters. The van der Waals surface area contributed by atoms with Crippen LogP contribution in [0.5, 0.6) is 5.75 Å². The summed E-state index contributed by atoms with van der Waals surface area (Å²) in [5.74, 6) is 0.700. The van der Waals surface area contributed by atoms with Gasteiger partial charge in [-0.1, -0.05) is 19.1 Å². The average molecular weight is 403 g/mol. The largest absolute Gasteiger partial charge is 0.495 e. The van der Waals surface area contributed by atoms with Gasteiger partial charge in [0.1, 0.15) is 5.75 Å². The third-order valence-electron chi connectivity index (χ3n) is 5.08. The Bertz CT molecular complexity index is 964. The second-order valence-corrected chi connectivity index (χ2v) is 9.21. The number of rotatable bonds is 5. The number of nitrogens with zero attached hydrogens (tertiary/aromatic N) is 1. The lowest BCUT2D eigenvalue weighted by molar-refractivity contribution is 0.102. The molecule has 1 amide bonds. The van der Waals surface area contributed by atoms with Crippen LogP contribution in [0.15, 0.2) is 47.4 Å². The van der Waals surface area contributed by atoms with Gasteiger partial charge >= 0.3 is 0 Å². The monoisotopic (exact) mass is 402 g/mol. The van der Waals surface area contributed by atoms with Crippen molar-refractivity contribution in [2.24, 2.45) is 5.92 Å². The number of ether oxygens (including phenoxy) is 1. The molecule has 1 aliphatic rings. The first-order valence-electron chi connectivity index (χ1n) is 9.37. The van der Waals surface area contributed by atoms with Crippen LogP contribution in [-0.2, 0) is 10.0 Å². The zero-order valence-corrected chi connectivity index (χ0v) is 17.3. The highest BCUT2D eigenvalue weighted by Crippen LogP contribution is 2.27. The van der Waals surface area contributed by atoms with Crippen LogP contribution in [0.3, 0.4) is 0 Å². The fraction of sp³-hybridized carbons (Fsp3) is 0.381. The predicted octanol–water partition coefficient (Wildman–Crippen LogP) is 3.68. The third kappa shape index (κ3) is 4.36. The van der Waals surface area contributed by atoms with Gasteiger partial charge in [0.05, 0.1) is 17.7 Å². The molecule has 7 heteroatoms. The van der Waals surface area contributed by atoms with E-state index in [-0.39, 0.29) is 16.4 Å². The molecular formula is C21H26N2O4S. The molecule has 1 N–H and O–H groups in total. The number of aryl methyl sites for hydroxylation is 1. The van der Waals surface area contributed by atoms with Gasteiger partial charge in [0.25, 0.3) is 5.91 Å². The maximum Gasteiger partial charge on any atom is 0.255 e. The molecule has 0 saturated carbocycles. The Labute approximate surface area is 166 Å². The van der Waals surface area contributed by atoms with Gasteiger partial charge in [0.15, 0.2) is 0 Å². The minimum atomic E-state index is -3.61. The lowest BCUT2D eigenvalue weighted by atomic mass is 10.0. The molecule has 150 valence electrons. The summed E-state index contributed by atoms with van der Waals surface area (Å²) in [5.41, 5.74) is 1.81. The van der Waals surface area contributed by atoms with Crippen molar-refractivity contribution in [1.82, 2.24) is 4.31 Å². The Kier molecular flexibility index (Phi) is 6.05. The molecule has 1 heterocycles. The summed E-state index contributed by atoms with van der Waals surface area (Å²) in [4.78, 5) is 12.9. The number of sulfonamides is 1. The quantitative estimate of drug-likeness (QED) is 0.828. The molecular weight excluding hydrogens is 376 g/mol. The van der Waals surface area contributed by atoms with Gasteiger partial charge in [-0.05, 0) is 61.6 Å². The molecule has 0 aliphatic carbocycles. The van der Waals surface area contributed by atoms with E-state index >= 15 is 0 Å². The van der Waals surface area contributed by atoms with E-state index in [0.717, 1.165) is 18.4 Å². The summed E-state index contributed by atoms with van der Waals surface area (Å²) in [5, 5.41) is 2.81. The maximum atomic E-state index is 12.9.